The molecule has 0 N–H and O–H groups in total. The minimum Gasteiger partial charge on any atom is -0.465 e. The van der Waals surface area contributed by atoms with E-state index in [-0.39, 0.29) is 24.1 Å². The number of fused-ring (bicyclic) bond motifs is 3. The van der Waals surface area contributed by atoms with Crippen LogP contribution in [0.1, 0.15) is 58.9 Å². The minimum absolute atomic E-state index is 0.172. The molecule has 0 radical (unpaired) electrons. The van der Waals surface area contributed by atoms with Crippen molar-refractivity contribution < 1.29 is 28.1 Å². The molecule has 2 unspecified atom stereocenters. The lowest BCUT2D eigenvalue weighted by Crippen LogP contribution is -2.43. The quantitative estimate of drug-likeness (QED) is 0.163. The summed E-state index contributed by atoms with van der Waals surface area (Å²) in [7, 11) is 1.40. The van der Waals surface area contributed by atoms with Crippen LogP contribution in [0.2, 0.25) is 5.02 Å². The van der Waals surface area contributed by atoms with Gasteiger partial charge >= 0.3 is 5.97 Å². The molecule has 5 aromatic rings. The number of hydrogen-bond acceptors (Lipinski definition) is 8. The smallest absolute Gasteiger partial charge is 0.348 e. The molecule has 2 fully saturated rings. The Morgan fingerprint density at radius 3 is 2.68 bits per heavy atom. The zero-order valence-electron chi connectivity index (χ0n) is 26.2. The van der Waals surface area contributed by atoms with Crippen molar-refractivity contribution in [3.05, 3.63) is 93.3 Å². The molecule has 3 aromatic carbocycles. The van der Waals surface area contributed by atoms with Crippen molar-refractivity contribution in [2.24, 2.45) is 5.92 Å². The molecule has 0 saturated carbocycles. The zero-order valence-corrected chi connectivity index (χ0v) is 27.8. The molecule has 0 spiro atoms. The summed E-state index contributed by atoms with van der Waals surface area (Å²) in [5, 5.41) is 1.34. The van der Waals surface area contributed by atoms with E-state index in [9.17, 15) is 4.79 Å². The largest absolute Gasteiger partial charge is 0.465 e. The number of imidazole rings is 1. The fraction of sp³-hybridized carbons (Fsp3) is 0.389. The van der Waals surface area contributed by atoms with Gasteiger partial charge in [0.25, 0.3) is 0 Å². The molecule has 0 aliphatic carbocycles. The fourth-order valence-electron chi connectivity index (χ4n) is 7.15. The highest BCUT2D eigenvalue weighted by atomic mass is 35.5. The third kappa shape index (κ3) is 5.70. The van der Waals surface area contributed by atoms with Crippen LogP contribution in [0.15, 0.2) is 60.7 Å². The average molecular weight is 676 g/mol. The monoisotopic (exact) mass is 675 g/mol. The van der Waals surface area contributed by atoms with Gasteiger partial charge in [-0.1, -0.05) is 29.8 Å². The van der Waals surface area contributed by atoms with Crippen LogP contribution in [0, 0.1) is 11.7 Å². The Balaban J connectivity index is 1.03. The predicted molar refractivity (Wildman–Crippen MR) is 178 cm³/mol. The minimum atomic E-state index is -1.29. The number of para-hydroxylation sites is 1. The zero-order chi connectivity index (χ0) is 32.3. The van der Waals surface area contributed by atoms with Crippen LogP contribution in [0.4, 0.5) is 4.39 Å². The van der Waals surface area contributed by atoms with E-state index in [2.05, 4.69) is 21.6 Å². The van der Waals surface area contributed by atoms with Crippen LogP contribution in [0.25, 0.3) is 21.1 Å². The number of likely N-dealkylation sites (tertiary alicyclic amines) is 1. The molecule has 2 saturated heterocycles. The van der Waals surface area contributed by atoms with Crippen LogP contribution in [0.3, 0.4) is 0 Å². The van der Waals surface area contributed by atoms with Crippen LogP contribution < -0.4 is 4.74 Å². The number of halogens is 2. The molecule has 8 nitrogen and oxygen atoms in total. The van der Waals surface area contributed by atoms with Crippen LogP contribution in [-0.4, -0.2) is 53.3 Å². The number of rotatable bonds is 7. The molecule has 244 valence electrons. The molecule has 11 heteroatoms. The molecule has 3 aliphatic heterocycles. The van der Waals surface area contributed by atoms with E-state index in [0.717, 1.165) is 78.0 Å². The van der Waals surface area contributed by atoms with Gasteiger partial charge in [0.15, 0.2) is 0 Å². The number of carbonyl (C=O) groups excluding carboxylic acids is 1. The Hall–Kier alpha value is -3.54. The SMILES string of the molecule is COC(=O)c1cc2cc3c(cc2s1)nc(CN1CCC(C2OC(C)(c4ccc(Cl)cc4F)Oc4ccccc42)CC1)n3C[C@@H]1CCO1. The Labute approximate surface area is 280 Å². The molecule has 2 aromatic heterocycles. The highest BCUT2D eigenvalue weighted by Gasteiger charge is 2.44. The Morgan fingerprint density at radius 2 is 1.94 bits per heavy atom. The number of nitrogens with zero attached hydrogens (tertiary/aromatic N) is 3. The van der Waals surface area contributed by atoms with Gasteiger partial charge in [0.05, 0.1) is 49.0 Å². The van der Waals surface area contributed by atoms with Gasteiger partial charge in [-0.15, -0.1) is 11.3 Å². The topological polar surface area (TPSA) is 75.0 Å². The number of methoxy groups -OCH3 is 1. The molecule has 3 atom stereocenters. The summed E-state index contributed by atoms with van der Waals surface area (Å²) >= 11 is 7.49. The highest BCUT2D eigenvalue weighted by molar-refractivity contribution is 7.20. The first-order valence-electron chi connectivity index (χ1n) is 16.0. The summed E-state index contributed by atoms with van der Waals surface area (Å²) in [5.74, 6) is -0.109. The molecule has 0 bridgehead atoms. The van der Waals surface area contributed by atoms with Crippen molar-refractivity contribution in [3.63, 3.8) is 0 Å². The standard InChI is InChI=1S/C36H35ClFN3O5S/c1-36(26-8-7-23(37)17-27(26)38)45-30-6-4-3-5-25(30)34(46-36)21-9-12-40(13-10-21)20-33-39-28-18-31-22(16-32(47-31)35(42)43-2)15-29(28)41(33)19-24-11-14-44-24/h3-8,15-18,21,24,34H,9-14,19-20H2,1-2H3/t24-,34?,36?/m0/s1. The van der Waals surface area contributed by atoms with E-state index >= 15 is 4.39 Å². The summed E-state index contributed by atoms with van der Waals surface area (Å²) in [6, 6.07) is 18.6. The van der Waals surface area contributed by atoms with Gasteiger partial charge in [0.1, 0.15) is 22.3 Å². The molecule has 3 aliphatic rings. The van der Waals surface area contributed by atoms with E-state index in [1.807, 2.05) is 30.3 Å². The van der Waals surface area contributed by atoms with Crippen molar-refractivity contribution in [2.45, 2.75) is 57.3 Å². The van der Waals surface area contributed by atoms with E-state index in [1.165, 1.54) is 24.5 Å². The maximum Gasteiger partial charge on any atom is 0.348 e. The third-order valence-corrected chi connectivity index (χ3v) is 11.1. The number of ether oxygens (including phenoxy) is 4. The van der Waals surface area contributed by atoms with Crippen LogP contribution in [-0.2, 0) is 33.1 Å². The summed E-state index contributed by atoms with van der Waals surface area (Å²) < 4.78 is 42.2. The molecule has 8 rings (SSSR count). The molecule has 0 amide bonds. The van der Waals surface area contributed by atoms with Crippen LogP contribution in [0.5, 0.6) is 5.75 Å². The summed E-state index contributed by atoms with van der Waals surface area (Å²) in [4.78, 5) is 20.3. The first-order chi connectivity index (χ1) is 22.8. The van der Waals surface area contributed by atoms with E-state index in [1.54, 1.807) is 19.1 Å². The number of piperidine rings is 1. The maximum atomic E-state index is 15.1. The van der Waals surface area contributed by atoms with Gasteiger partial charge in [-0.2, -0.15) is 0 Å². The van der Waals surface area contributed by atoms with Crippen LogP contribution >= 0.6 is 22.9 Å². The number of thiophene rings is 1. The van der Waals surface area contributed by atoms with Crippen molar-refractivity contribution in [1.82, 2.24) is 14.5 Å². The molecule has 5 heterocycles. The lowest BCUT2D eigenvalue weighted by Gasteiger charge is -2.44. The number of carbonyl (C=O) groups is 1. The second-order valence-corrected chi connectivity index (χ2v) is 14.3. The van der Waals surface area contributed by atoms with Gasteiger partial charge < -0.3 is 23.5 Å². The maximum absolute atomic E-state index is 15.1. The Kier molecular flexibility index (Phi) is 7.96. The normalized spacial score (nSPS) is 23.4. The number of aromatic nitrogens is 2. The summed E-state index contributed by atoms with van der Waals surface area (Å²) in [5.41, 5.74) is 3.29. The Morgan fingerprint density at radius 1 is 1.13 bits per heavy atom. The second-order valence-electron chi connectivity index (χ2n) is 12.8. The van der Waals surface area contributed by atoms with Gasteiger partial charge in [-0.05, 0) is 86.1 Å². The van der Waals surface area contributed by atoms with Gasteiger partial charge in [0.2, 0.25) is 5.79 Å². The molecular formula is C36H35ClFN3O5S. The lowest BCUT2D eigenvalue weighted by atomic mass is 9.85. The average Bonchev–Trinajstić information content (AvgIpc) is 3.61. The Bertz CT molecular complexity index is 1980. The van der Waals surface area contributed by atoms with Gasteiger partial charge in [0, 0.05) is 28.8 Å². The number of hydrogen-bond donors (Lipinski definition) is 0. The number of esters is 1. The molecule has 47 heavy (non-hydrogen) atoms. The number of benzene rings is 3. The summed E-state index contributed by atoms with van der Waals surface area (Å²) in [6.07, 6.45) is 2.78. The first-order valence-corrected chi connectivity index (χ1v) is 17.2. The van der Waals surface area contributed by atoms with Gasteiger partial charge in [-0.3, -0.25) is 4.90 Å². The van der Waals surface area contributed by atoms with E-state index in [0.29, 0.717) is 27.8 Å². The highest BCUT2D eigenvalue weighted by Crippen LogP contribution is 2.49. The fourth-order valence-corrected chi connectivity index (χ4v) is 8.31. The summed E-state index contributed by atoms with van der Waals surface area (Å²) in [6.45, 7) is 5.79. The van der Waals surface area contributed by atoms with Crippen molar-refractivity contribution in [2.75, 3.05) is 26.8 Å². The van der Waals surface area contributed by atoms with E-state index < -0.39 is 11.6 Å². The predicted octanol–water partition coefficient (Wildman–Crippen LogP) is 7.85. The van der Waals surface area contributed by atoms with Gasteiger partial charge in [-0.25, -0.2) is 14.2 Å². The first kappa shape index (κ1) is 30.8. The molecular weight excluding hydrogens is 641 g/mol. The van der Waals surface area contributed by atoms with E-state index in [4.69, 9.17) is 35.5 Å². The van der Waals surface area contributed by atoms with Crippen molar-refractivity contribution in [1.29, 1.82) is 0 Å². The second kappa shape index (κ2) is 12.2. The third-order valence-electron chi connectivity index (χ3n) is 9.76. The van der Waals surface area contributed by atoms with Crippen molar-refractivity contribution >= 4 is 50.0 Å². The lowest BCUT2D eigenvalue weighted by molar-refractivity contribution is -0.243. The van der Waals surface area contributed by atoms with Crippen molar-refractivity contribution in [3.8, 4) is 5.75 Å².